The maximum Gasteiger partial charge on any atom is 0.243 e. The molecular formula is C15H18N4O3. The first kappa shape index (κ1) is 15.7. The molecule has 0 aliphatic heterocycles. The van der Waals surface area contributed by atoms with E-state index in [9.17, 15) is 9.59 Å². The molecule has 7 heteroatoms. The molecule has 0 saturated heterocycles. The smallest absolute Gasteiger partial charge is 0.243 e. The van der Waals surface area contributed by atoms with E-state index in [2.05, 4.69) is 15.6 Å². The van der Waals surface area contributed by atoms with Gasteiger partial charge in [0.1, 0.15) is 6.26 Å². The van der Waals surface area contributed by atoms with Gasteiger partial charge in [0.25, 0.3) is 0 Å². The number of anilines is 1. The topological polar surface area (TPSA) is 110 Å². The fourth-order valence-corrected chi connectivity index (χ4v) is 1.86. The zero-order valence-corrected chi connectivity index (χ0v) is 12.5. The predicted octanol–water partition coefficient (Wildman–Crippen LogP) is 0.972. The molecule has 0 fully saturated rings. The van der Waals surface area contributed by atoms with E-state index in [0.29, 0.717) is 11.6 Å². The van der Waals surface area contributed by atoms with Crippen LogP contribution in [0.2, 0.25) is 0 Å². The summed E-state index contributed by atoms with van der Waals surface area (Å²) in [6.07, 6.45) is 1.57. The van der Waals surface area contributed by atoms with Crippen molar-refractivity contribution in [2.24, 2.45) is 5.73 Å². The number of rotatable bonds is 5. The summed E-state index contributed by atoms with van der Waals surface area (Å²) < 4.78 is 5.39. The van der Waals surface area contributed by atoms with Gasteiger partial charge < -0.3 is 20.8 Å². The molecule has 0 spiro atoms. The molecule has 0 atom stereocenters. The highest BCUT2D eigenvalue weighted by molar-refractivity contribution is 5.95. The molecule has 0 bridgehead atoms. The van der Waals surface area contributed by atoms with Gasteiger partial charge in [0.15, 0.2) is 0 Å². The third-order valence-corrected chi connectivity index (χ3v) is 3.00. The number of nitrogens with one attached hydrogen (secondary N) is 2. The summed E-state index contributed by atoms with van der Waals surface area (Å²) in [6.45, 7) is 3.50. The molecule has 0 aliphatic carbocycles. The van der Waals surface area contributed by atoms with Crippen LogP contribution in [-0.4, -0.2) is 29.9 Å². The van der Waals surface area contributed by atoms with Crippen molar-refractivity contribution in [3.05, 3.63) is 35.7 Å². The Kier molecular flexibility index (Phi) is 4.90. The Balaban J connectivity index is 2.09. The van der Waals surface area contributed by atoms with Crippen molar-refractivity contribution in [3.8, 4) is 11.5 Å². The van der Waals surface area contributed by atoms with Gasteiger partial charge in [-0.2, -0.15) is 0 Å². The van der Waals surface area contributed by atoms with Gasteiger partial charge in [0.05, 0.1) is 18.8 Å². The Morgan fingerprint density at radius 2 is 2.05 bits per heavy atom. The molecule has 1 aromatic heterocycles. The fourth-order valence-electron chi connectivity index (χ4n) is 1.86. The van der Waals surface area contributed by atoms with Crippen LogP contribution in [0.1, 0.15) is 11.3 Å². The summed E-state index contributed by atoms with van der Waals surface area (Å²) in [5, 5.41) is 5.11. The fraction of sp³-hybridized carbons (Fsp3) is 0.267. The first-order chi connectivity index (χ1) is 10.5. The van der Waals surface area contributed by atoms with Crippen molar-refractivity contribution in [1.29, 1.82) is 0 Å². The van der Waals surface area contributed by atoms with E-state index in [-0.39, 0.29) is 24.9 Å². The summed E-state index contributed by atoms with van der Waals surface area (Å²) in [5.74, 6) is -0.210. The van der Waals surface area contributed by atoms with Crippen molar-refractivity contribution >= 4 is 17.5 Å². The van der Waals surface area contributed by atoms with Crippen molar-refractivity contribution in [1.82, 2.24) is 10.3 Å². The maximum atomic E-state index is 11.8. The summed E-state index contributed by atoms with van der Waals surface area (Å²) in [4.78, 5) is 27.1. The van der Waals surface area contributed by atoms with Crippen LogP contribution in [0.4, 0.5) is 5.69 Å². The minimum absolute atomic E-state index is 0.128. The second-order valence-electron chi connectivity index (χ2n) is 4.85. The Labute approximate surface area is 127 Å². The van der Waals surface area contributed by atoms with E-state index in [1.807, 2.05) is 19.9 Å². The number of nitrogens with zero attached hydrogens (tertiary/aromatic N) is 1. The lowest BCUT2D eigenvalue weighted by molar-refractivity contribution is -0.123. The summed E-state index contributed by atoms with van der Waals surface area (Å²) in [7, 11) is 0. The van der Waals surface area contributed by atoms with E-state index in [0.717, 1.165) is 16.8 Å². The molecule has 0 radical (unpaired) electrons. The van der Waals surface area contributed by atoms with Gasteiger partial charge in [-0.25, -0.2) is 4.98 Å². The lowest BCUT2D eigenvalue weighted by Gasteiger charge is -2.09. The number of aromatic nitrogens is 1. The molecular weight excluding hydrogens is 284 g/mol. The van der Waals surface area contributed by atoms with Crippen LogP contribution < -0.4 is 16.4 Å². The van der Waals surface area contributed by atoms with E-state index in [1.54, 1.807) is 18.4 Å². The number of hydrogen-bond donors (Lipinski definition) is 3. The number of carbonyl (C=O) groups is 2. The standard InChI is InChI=1S/C15H18N4O3/c1-9-3-4-11(19-14(21)7-17-13(20)6-16)5-12(9)15-18-10(2)8-22-15/h3-5,8H,6-7,16H2,1-2H3,(H,17,20)(H,19,21). The van der Waals surface area contributed by atoms with E-state index >= 15 is 0 Å². The van der Waals surface area contributed by atoms with E-state index < -0.39 is 0 Å². The highest BCUT2D eigenvalue weighted by Gasteiger charge is 2.11. The molecule has 7 nitrogen and oxygen atoms in total. The molecule has 0 aliphatic rings. The second-order valence-corrected chi connectivity index (χ2v) is 4.85. The second kappa shape index (κ2) is 6.86. The summed E-state index contributed by atoms with van der Waals surface area (Å²) in [6, 6.07) is 5.42. The monoisotopic (exact) mass is 302 g/mol. The number of aryl methyl sites for hydroxylation is 2. The normalized spacial score (nSPS) is 10.3. The van der Waals surface area contributed by atoms with Crippen LogP contribution in [0.15, 0.2) is 28.9 Å². The van der Waals surface area contributed by atoms with Crippen LogP contribution in [0, 0.1) is 13.8 Å². The zero-order valence-electron chi connectivity index (χ0n) is 12.5. The quantitative estimate of drug-likeness (QED) is 0.762. The van der Waals surface area contributed by atoms with Crippen LogP contribution >= 0.6 is 0 Å². The first-order valence-electron chi connectivity index (χ1n) is 6.79. The van der Waals surface area contributed by atoms with Gasteiger partial charge >= 0.3 is 0 Å². The maximum absolute atomic E-state index is 11.8. The highest BCUT2D eigenvalue weighted by atomic mass is 16.3. The van der Waals surface area contributed by atoms with Gasteiger partial charge in [0, 0.05) is 11.3 Å². The third kappa shape index (κ3) is 3.92. The lowest BCUT2D eigenvalue weighted by atomic mass is 10.1. The molecule has 1 heterocycles. The number of nitrogens with two attached hydrogens (primary N) is 1. The van der Waals surface area contributed by atoms with Crippen LogP contribution in [0.25, 0.3) is 11.5 Å². The molecule has 22 heavy (non-hydrogen) atoms. The Morgan fingerprint density at radius 1 is 1.27 bits per heavy atom. The number of oxazole rings is 1. The van der Waals surface area contributed by atoms with Crippen molar-refractivity contribution in [3.63, 3.8) is 0 Å². The largest absolute Gasteiger partial charge is 0.444 e. The van der Waals surface area contributed by atoms with Crippen LogP contribution in [-0.2, 0) is 9.59 Å². The average Bonchev–Trinajstić information content (AvgIpc) is 2.93. The van der Waals surface area contributed by atoms with Crippen molar-refractivity contribution in [2.75, 3.05) is 18.4 Å². The zero-order chi connectivity index (χ0) is 16.1. The summed E-state index contributed by atoms with van der Waals surface area (Å²) in [5.41, 5.74) is 8.32. The number of amides is 2. The SMILES string of the molecule is Cc1coc(-c2cc(NC(=O)CNC(=O)CN)ccc2C)n1. The van der Waals surface area contributed by atoms with Crippen molar-refractivity contribution in [2.45, 2.75) is 13.8 Å². The molecule has 0 saturated carbocycles. The first-order valence-corrected chi connectivity index (χ1v) is 6.79. The van der Waals surface area contributed by atoms with E-state index in [1.165, 1.54) is 0 Å². The molecule has 2 amide bonds. The van der Waals surface area contributed by atoms with Crippen LogP contribution in [0.5, 0.6) is 0 Å². The van der Waals surface area contributed by atoms with Crippen molar-refractivity contribution < 1.29 is 14.0 Å². The molecule has 0 unspecified atom stereocenters. The van der Waals surface area contributed by atoms with Gasteiger partial charge in [-0.05, 0) is 31.5 Å². The molecule has 1 aromatic carbocycles. The average molecular weight is 302 g/mol. The Hall–Kier alpha value is -2.67. The molecule has 2 rings (SSSR count). The summed E-state index contributed by atoms with van der Waals surface area (Å²) >= 11 is 0. The van der Waals surface area contributed by atoms with Crippen LogP contribution in [0.3, 0.4) is 0 Å². The van der Waals surface area contributed by atoms with Gasteiger partial charge in [-0.15, -0.1) is 0 Å². The molecule has 2 aromatic rings. The van der Waals surface area contributed by atoms with Gasteiger partial charge in [-0.3, -0.25) is 9.59 Å². The van der Waals surface area contributed by atoms with E-state index in [4.69, 9.17) is 10.2 Å². The van der Waals surface area contributed by atoms with Gasteiger partial charge in [0.2, 0.25) is 17.7 Å². The number of carbonyl (C=O) groups excluding carboxylic acids is 2. The Morgan fingerprint density at radius 3 is 2.68 bits per heavy atom. The minimum atomic E-state index is -0.380. The highest BCUT2D eigenvalue weighted by Crippen LogP contribution is 2.25. The third-order valence-electron chi connectivity index (χ3n) is 3.00. The molecule has 4 N–H and O–H groups in total. The number of hydrogen-bond acceptors (Lipinski definition) is 5. The number of benzene rings is 1. The minimum Gasteiger partial charge on any atom is -0.444 e. The van der Waals surface area contributed by atoms with Gasteiger partial charge in [-0.1, -0.05) is 6.07 Å². The Bertz CT molecular complexity index is 694. The lowest BCUT2D eigenvalue weighted by Crippen LogP contribution is -2.36. The predicted molar refractivity (Wildman–Crippen MR) is 82.1 cm³/mol. The molecule has 116 valence electrons.